The van der Waals surface area contributed by atoms with Crippen LogP contribution in [0.1, 0.15) is 19.3 Å². The minimum absolute atomic E-state index is 0.0624. The van der Waals surface area contributed by atoms with Crippen LogP contribution in [-0.4, -0.2) is 18.3 Å². The van der Waals surface area contributed by atoms with Gasteiger partial charge >= 0.3 is 0 Å². The third-order valence-electron chi connectivity index (χ3n) is 1.44. The molecule has 0 rings (SSSR count). The van der Waals surface area contributed by atoms with Gasteiger partial charge in [-0.2, -0.15) is 0 Å². The standard InChI is InChI=1S/C7H8Cl8/c8-2-1-5(9,10)3-6(11,12)4-7(13,14)15/h1-4H2. The lowest BCUT2D eigenvalue weighted by Gasteiger charge is -2.29. The van der Waals surface area contributed by atoms with E-state index >= 15 is 0 Å². The van der Waals surface area contributed by atoms with Crippen LogP contribution in [0.15, 0.2) is 0 Å². The van der Waals surface area contributed by atoms with Gasteiger partial charge in [0.05, 0.1) is 0 Å². The smallest absolute Gasteiger partial charge is 0.127 e. The van der Waals surface area contributed by atoms with E-state index in [0.717, 1.165) is 0 Å². The zero-order valence-corrected chi connectivity index (χ0v) is 13.4. The highest BCUT2D eigenvalue weighted by Crippen LogP contribution is 2.47. The van der Waals surface area contributed by atoms with Gasteiger partial charge in [-0.15, -0.1) is 58.0 Å². The Labute approximate surface area is 129 Å². The molecule has 0 aliphatic carbocycles. The van der Waals surface area contributed by atoms with Crippen molar-refractivity contribution in [1.29, 1.82) is 0 Å². The normalized spacial score (nSPS) is 14.4. The molecule has 0 fully saturated rings. The van der Waals surface area contributed by atoms with Crippen molar-refractivity contribution in [3.05, 3.63) is 0 Å². The second-order valence-electron chi connectivity index (χ2n) is 3.12. The van der Waals surface area contributed by atoms with Gasteiger partial charge < -0.3 is 0 Å². The number of halogens is 8. The first-order valence-electron chi connectivity index (χ1n) is 3.86. The third kappa shape index (κ3) is 9.97. The van der Waals surface area contributed by atoms with E-state index in [1.807, 2.05) is 0 Å². The summed E-state index contributed by atoms with van der Waals surface area (Å²) in [6.07, 6.45) is 0.336. The molecule has 0 amide bonds. The average molecular weight is 376 g/mol. The van der Waals surface area contributed by atoms with Gasteiger partial charge in [0, 0.05) is 18.7 Å². The SMILES string of the molecule is ClCCC(Cl)(Cl)CC(Cl)(Cl)CC(Cl)(Cl)Cl. The lowest BCUT2D eigenvalue weighted by atomic mass is 10.1. The molecule has 0 aromatic rings. The van der Waals surface area contributed by atoms with Crippen molar-refractivity contribution in [3.63, 3.8) is 0 Å². The topological polar surface area (TPSA) is 0 Å². The summed E-state index contributed by atoms with van der Waals surface area (Å²) in [7, 11) is 0. The molecular formula is C7H8Cl8. The predicted octanol–water partition coefficient (Wildman–Crippen LogP) is 6.11. The number of hydrogen-bond acceptors (Lipinski definition) is 0. The molecule has 0 radical (unpaired) electrons. The second-order valence-corrected chi connectivity index (χ2v) is 9.29. The molecule has 0 atom stereocenters. The summed E-state index contributed by atoms with van der Waals surface area (Å²) in [4.78, 5) is 0. The molecule has 15 heavy (non-hydrogen) atoms. The lowest BCUT2D eigenvalue weighted by Crippen LogP contribution is -2.29. The molecule has 0 aromatic heterocycles. The summed E-state index contributed by atoms with van der Waals surface area (Å²) in [5.74, 6) is 0.296. The van der Waals surface area contributed by atoms with Crippen LogP contribution in [0.3, 0.4) is 0 Å². The summed E-state index contributed by atoms with van der Waals surface area (Å²) in [5.41, 5.74) is 0. The van der Waals surface area contributed by atoms with E-state index in [9.17, 15) is 0 Å². The molecule has 0 aliphatic heterocycles. The molecule has 0 nitrogen and oxygen atoms in total. The molecule has 0 aliphatic rings. The third-order valence-corrected chi connectivity index (χ3v) is 3.21. The lowest BCUT2D eigenvalue weighted by molar-refractivity contribution is 0.577. The first-order chi connectivity index (χ1) is 6.47. The Bertz CT molecular complexity index is 194. The summed E-state index contributed by atoms with van der Waals surface area (Å²) >= 11 is 46.0. The van der Waals surface area contributed by atoms with Gasteiger partial charge in [-0.3, -0.25) is 0 Å². The molecule has 0 N–H and O–H groups in total. The fraction of sp³-hybridized carbons (Fsp3) is 1.00. The van der Waals surface area contributed by atoms with Gasteiger partial charge in [-0.25, -0.2) is 0 Å². The molecule has 0 saturated carbocycles. The molecule has 0 heterocycles. The summed E-state index contributed by atoms with van der Waals surface area (Å²) in [6.45, 7) is 0. The Kier molecular flexibility index (Phi) is 7.48. The van der Waals surface area contributed by atoms with Gasteiger partial charge in [0.25, 0.3) is 0 Å². The maximum absolute atomic E-state index is 5.94. The van der Waals surface area contributed by atoms with Gasteiger partial charge in [-0.05, 0) is 6.42 Å². The molecule has 0 unspecified atom stereocenters. The Morgan fingerprint density at radius 3 is 1.47 bits per heavy atom. The van der Waals surface area contributed by atoms with Crippen LogP contribution in [0.4, 0.5) is 0 Å². The Hall–Kier alpha value is 2.32. The minimum atomic E-state index is -1.55. The second kappa shape index (κ2) is 6.48. The van der Waals surface area contributed by atoms with E-state index in [1.54, 1.807) is 0 Å². The van der Waals surface area contributed by atoms with Crippen LogP contribution in [0.25, 0.3) is 0 Å². The Morgan fingerprint density at radius 1 is 0.667 bits per heavy atom. The highest BCUT2D eigenvalue weighted by atomic mass is 35.6. The summed E-state index contributed by atoms with van der Waals surface area (Å²) in [5, 5.41) is 0. The van der Waals surface area contributed by atoms with E-state index in [1.165, 1.54) is 0 Å². The van der Waals surface area contributed by atoms with E-state index in [0.29, 0.717) is 12.3 Å². The first kappa shape index (κ1) is 17.3. The van der Waals surface area contributed by atoms with Crippen molar-refractivity contribution in [2.75, 3.05) is 5.88 Å². The zero-order chi connectivity index (χ0) is 12.3. The van der Waals surface area contributed by atoms with E-state index in [2.05, 4.69) is 0 Å². The summed E-state index contributed by atoms with van der Waals surface area (Å²) in [6, 6.07) is 0. The molecule has 8 heteroatoms. The highest BCUT2D eigenvalue weighted by molar-refractivity contribution is 6.68. The average Bonchev–Trinajstić information content (AvgIpc) is 1.74. The monoisotopic (exact) mass is 372 g/mol. The molecular weight excluding hydrogens is 368 g/mol. The zero-order valence-electron chi connectivity index (χ0n) is 7.35. The molecule has 92 valence electrons. The minimum Gasteiger partial charge on any atom is -0.127 e. The van der Waals surface area contributed by atoms with Crippen LogP contribution in [0.2, 0.25) is 0 Å². The van der Waals surface area contributed by atoms with E-state index < -0.39 is 12.5 Å². The molecule has 0 aromatic carbocycles. The van der Waals surface area contributed by atoms with Gasteiger partial charge in [0.1, 0.15) is 8.67 Å². The largest absolute Gasteiger partial charge is 0.193 e. The van der Waals surface area contributed by atoms with E-state index in [4.69, 9.17) is 92.8 Å². The van der Waals surface area contributed by atoms with Crippen molar-refractivity contribution in [1.82, 2.24) is 0 Å². The van der Waals surface area contributed by atoms with Gasteiger partial charge in [-0.1, -0.05) is 34.8 Å². The molecule has 0 spiro atoms. The van der Waals surface area contributed by atoms with Crippen molar-refractivity contribution < 1.29 is 0 Å². The van der Waals surface area contributed by atoms with Crippen LogP contribution >= 0.6 is 92.8 Å². The number of rotatable bonds is 5. The number of alkyl halides is 8. The highest BCUT2D eigenvalue weighted by Gasteiger charge is 2.41. The van der Waals surface area contributed by atoms with Crippen LogP contribution in [-0.2, 0) is 0 Å². The first-order valence-corrected chi connectivity index (χ1v) is 7.04. The quantitative estimate of drug-likeness (QED) is 0.508. The van der Waals surface area contributed by atoms with Crippen LogP contribution in [0, 0.1) is 0 Å². The number of hydrogen-bond donors (Lipinski definition) is 0. The van der Waals surface area contributed by atoms with Gasteiger partial charge in [0.15, 0.2) is 3.79 Å². The van der Waals surface area contributed by atoms with Crippen molar-refractivity contribution in [3.8, 4) is 0 Å². The maximum Gasteiger partial charge on any atom is 0.193 e. The fourth-order valence-electron chi connectivity index (χ4n) is 0.961. The van der Waals surface area contributed by atoms with Crippen molar-refractivity contribution in [2.24, 2.45) is 0 Å². The Morgan fingerprint density at radius 2 is 1.13 bits per heavy atom. The van der Waals surface area contributed by atoms with Gasteiger partial charge in [0.2, 0.25) is 0 Å². The van der Waals surface area contributed by atoms with Crippen molar-refractivity contribution in [2.45, 2.75) is 31.7 Å². The molecule has 0 bridgehead atoms. The van der Waals surface area contributed by atoms with Crippen LogP contribution < -0.4 is 0 Å². The van der Waals surface area contributed by atoms with Crippen molar-refractivity contribution >= 4 is 92.8 Å². The Balaban J connectivity index is 4.36. The van der Waals surface area contributed by atoms with E-state index in [-0.39, 0.29) is 12.8 Å². The summed E-state index contributed by atoms with van der Waals surface area (Å²) < 4.78 is -3.98. The fourth-order valence-corrected chi connectivity index (χ4v) is 4.35. The van der Waals surface area contributed by atoms with Crippen LogP contribution in [0.5, 0.6) is 0 Å². The predicted molar refractivity (Wildman–Crippen MR) is 73.7 cm³/mol. The molecule has 0 saturated heterocycles. The maximum atomic E-state index is 5.94.